The summed E-state index contributed by atoms with van der Waals surface area (Å²) in [6.45, 7) is 5.01. The molecule has 0 aliphatic heterocycles. The number of carbonyl (C=O) groups is 2. The number of rotatable bonds is 13. The number of thioether (sulfide) groups is 1. The van der Waals surface area contributed by atoms with Crippen LogP contribution in [-0.2, 0) is 22.6 Å². The van der Waals surface area contributed by atoms with Crippen molar-refractivity contribution in [2.24, 2.45) is 5.92 Å². The predicted octanol–water partition coefficient (Wildman–Crippen LogP) is 7.28. The second-order valence-electron chi connectivity index (χ2n) is 9.40. The second-order valence-corrected chi connectivity index (χ2v) is 11.4. The largest absolute Gasteiger partial charge is 0.354 e. The molecule has 1 atom stereocenters. The molecule has 0 heterocycles. The van der Waals surface area contributed by atoms with Crippen LogP contribution < -0.4 is 5.32 Å². The molecule has 2 amide bonds. The third kappa shape index (κ3) is 10.1. The molecule has 7 heteroatoms. The zero-order valence-electron chi connectivity index (χ0n) is 21.3. The Morgan fingerprint density at radius 1 is 0.865 bits per heavy atom. The molecule has 3 aromatic carbocycles. The van der Waals surface area contributed by atoms with Crippen LogP contribution in [0.25, 0.3) is 0 Å². The molecule has 3 aromatic rings. The van der Waals surface area contributed by atoms with E-state index in [2.05, 4.69) is 19.2 Å². The van der Waals surface area contributed by atoms with Gasteiger partial charge in [0.25, 0.3) is 0 Å². The summed E-state index contributed by atoms with van der Waals surface area (Å²) in [6.07, 6.45) is 1.51. The second kappa shape index (κ2) is 15.1. The van der Waals surface area contributed by atoms with E-state index in [1.807, 2.05) is 78.9 Å². The minimum Gasteiger partial charge on any atom is -0.354 e. The topological polar surface area (TPSA) is 49.4 Å². The maximum Gasteiger partial charge on any atom is 0.243 e. The van der Waals surface area contributed by atoms with Crippen molar-refractivity contribution < 1.29 is 9.59 Å². The number of benzene rings is 3. The fraction of sp³-hybridized carbons (Fsp3) is 0.333. The molecule has 4 nitrogen and oxygen atoms in total. The summed E-state index contributed by atoms with van der Waals surface area (Å²) in [5.74, 6) is 0.944. The highest BCUT2D eigenvalue weighted by molar-refractivity contribution is 7.99. The maximum atomic E-state index is 13.6. The maximum absolute atomic E-state index is 13.6. The first-order valence-electron chi connectivity index (χ1n) is 12.6. The van der Waals surface area contributed by atoms with Crippen LogP contribution in [0.4, 0.5) is 0 Å². The van der Waals surface area contributed by atoms with Gasteiger partial charge in [-0.3, -0.25) is 9.59 Å². The Morgan fingerprint density at radius 3 is 2.11 bits per heavy atom. The lowest BCUT2D eigenvalue weighted by Gasteiger charge is -2.32. The van der Waals surface area contributed by atoms with Gasteiger partial charge < -0.3 is 10.2 Å². The summed E-state index contributed by atoms with van der Waals surface area (Å²) < 4.78 is 0. The molecule has 3 rings (SSSR count). The van der Waals surface area contributed by atoms with Crippen LogP contribution in [0, 0.1) is 5.92 Å². The molecule has 0 saturated carbocycles. The van der Waals surface area contributed by atoms with Crippen LogP contribution in [-0.4, -0.2) is 35.1 Å². The zero-order valence-corrected chi connectivity index (χ0v) is 23.7. The van der Waals surface area contributed by atoms with Crippen molar-refractivity contribution in [3.05, 3.63) is 100 Å². The van der Waals surface area contributed by atoms with Gasteiger partial charge in [0, 0.05) is 40.9 Å². The third-order valence-electron chi connectivity index (χ3n) is 5.84. The number of hydrogen-bond acceptors (Lipinski definition) is 3. The first kappa shape index (κ1) is 29.1. The van der Waals surface area contributed by atoms with Crippen molar-refractivity contribution in [3.63, 3.8) is 0 Å². The molecule has 0 fully saturated rings. The van der Waals surface area contributed by atoms with Crippen molar-refractivity contribution >= 4 is 46.8 Å². The molecule has 0 bridgehead atoms. The van der Waals surface area contributed by atoms with E-state index in [0.29, 0.717) is 48.3 Å². The Hall–Kier alpha value is -2.47. The Bertz CT molecular complexity index is 1120. The van der Waals surface area contributed by atoms with Gasteiger partial charge >= 0.3 is 0 Å². The predicted molar refractivity (Wildman–Crippen MR) is 155 cm³/mol. The molecule has 0 radical (unpaired) electrons. The Labute approximate surface area is 234 Å². The molecule has 0 saturated heterocycles. The Kier molecular flexibility index (Phi) is 11.8. The lowest BCUT2D eigenvalue weighted by molar-refractivity contribution is -0.141. The average Bonchev–Trinajstić information content (AvgIpc) is 2.89. The van der Waals surface area contributed by atoms with Crippen LogP contribution in [0.15, 0.2) is 83.8 Å². The average molecular weight is 558 g/mol. The van der Waals surface area contributed by atoms with Crippen LogP contribution in [0.3, 0.4) is 0 Å². The molecular formula is C30H34Cl2N2O2S. The number of halogens is 2. The molecule has 196 valence electrons. The van der Waals surface area contributed by atoms with Gasteiger partial charge in [0.2, 0.25) is 11.8 Å². The summed E-state index contributed by atoms with van der Waals surface area (Å²) in [4.78, 5) is 29.9. The summed E-state index contributed by atoms with van der Waals surface area (Å²) in [5.41, 5.74) is 1.95. The molecule has 0 unspecified atom stereocenters. The van der Waals surface area contributed by atoms with Gasteiger partial charge in [0.1, 0.15) is 6.04 Å². The first-order chi connectivity index (χ1) is 17.8. The van der Waals surface area contributed by atoms with E-state index in [0.717, 1.165) is 21.8 Å². The standard InChI is InChI=1S/C30H34Cl2N2O2S/c1-22(2)20-33-30(36)28(19-23-7-4-3-5-8-23)34(21-24-10-12-25(31)13-11-24)29(35)9-6-18-37-27-16-14-26(32)15-17-27/h3-5,7-8,10-17,22,28H,6,9,18-21H2,1-2H3,(H,33,36)/t28-/m1/s1. The van der Waals surface area contributed by atoms with Crippen LogP contribution in [0.1, 0.15) is 37.8 Å². The number of amides is 2. The summed E-state index contributed by atoms with van der Waals surface area (Å²) in [6, 6.07) is 24.4. The highest BCUT2D eigenvalue weighted by Crippen LogP contribution is 2.23. The zero-order chi connectivity index (χ0) is 26.6. The molecule has 1 N–H and O–H groups in total. The molecule has 37 heavy (non-hydrogen) atoms. The highest BCUT2D eigenvalue weighted by Gasteiger charge is 2.30. The SMILES string of the molecule is CC(C)CNC(=O)[C@@H](Cc1ccccc1)N(Cc1ccc(Cl)cc1)C(=O)CCCSc1ccc(Cl)cc1. The summed E-state index contributed by atoms with van der Waals surface area (Å²) in [7, 11) is 0. The molecular weight excluding hydrogens is 523 g/mol. The van der Waals surface area contributed by atoms with E-state index < -0.39 is 6.04 Å². The highest BCUT2D eigenvalue weighted by atomic mass is 35.5. The van der Waals surface area contributed by atoms with Crippen LogP contribution in [0.5, 0.6) is 0 Å². The smallest absolute Gasteiger partial charge is 0.243 e. The number of hydrogen-bond donors (Lipinski definition) is 1. The van der Waals surface area contributed by atoms with Gasteiger partial charge in [-0.05, 0) is 65.6 Å². The number of nitrogens with zero attached hydrogens (tertiary/aromatic N) is 1. The van der Waals surface area contributed by atoms with E-state index in [1.165, 1.54) is 0 Å². The lowest BCUT2D eigenvalue weighted by atomic mass is 10.0. The molecule has 0 aromatic heterocycles. The lowest BCUT2D eigenvalue weighted by Crippen LogP contribution is -2.51. The van der Waals surface area contributed by atoms with Crippen molar-refractivity contribution in [1.82, 2.24) is 10.2 Å². The summed E-state index contributed by atoms with van der Waals surface area (Å²) >= 11 is 13.8. The monoisotopic (exact) mass is 556 g/mol. The third-order valence-corrected chi connectivity index (χ3v) is 7.44. The quantitative estimate of drug-likeness (QED) is 0.178. The fourth-order valence-electron chi connectivity index (χ4n) is 3.85. The minimum atomic E-state index is -0.617. The van der Waals surface area contributed by atoms with E-state index >= 15 is 0 Å². The summed E-state index contributed by atoms with van der Waals surface area (Å²) in [5, 5.41) is 4.40. The van der Waals surface area contributed by atoms with Gasteiger partial charge in [-0.1, -0.05) is 79.5 Å². The molecule has 0 aliphatic rings. The molecule has 0 aliphatic carbocycles. The Morgan fingerprint density at radius 2 is 1.49 bits per heavy atom. The van der Waals surface area contributed by atoms with Crippen molar-refractivity contribution in [2.75, 3.05) is 12.3 Å². The van der Waals surface area contributed by atoms with Crippen molar-refractivity contribution in [1.29, 1.82) is 0 Å². The normalized spacial score (nSPS) is 11.8. The van der Waals surface area contributed by atoms with Gasteiger partial charge in [-0.2, -0.15) is 0 Å². The Balaban J connectivity index is 1.77. The van der Waals surface area contributed by atoms with Gasteiger partial charge in [0.05, 0.1) is 0 Å². The first-order valence-corrected chi connectivity index (χ1v) is 14.3. The number of carbonyl (C=O) groups excluding carboxylic acids is 2. The van der Waals surface area contributed by atoms with E-state index in [9.17, 15) is 9.59 Å². The van der Waals surface area contributed by atoms with Gasteiger partial charge in [0.15, 0.2) is 0 Å². The fourth-order valence-corrected chi connectivity index (χ4v) is 4.96. The van der Waals surface area contributed by atoms with E-state index in [4.69, 9.17) is 23.2 Å². The van der Waals surface area contributed by atoms with Crippen LogP contribution in [0.2, 0.25) is 10.0 Å². The van der Waals surface area contributed by atoms with Crippen LogP contribution >= 0.6 is 35.0 Å². The van der Waals surface area contributed by atoms with Gasteiger partial charge in [-0.15, -0.1) is 11.8 Å². The van der Waals surface area contributed by atoms with Crippen molar-refractivity contribution in [3.8, 4) is 0 Å². The van der Waals surface area contributed by atoms with E-state index in [1.54, 1.807) is 16.7 Å². The van der Waals surface area contributed by atoms with Gasteiger partial charge in [-0.25, -0.2) is 0 Å². The van der Waals surface area contributed by atoms with Crippen molar-refractivity contribution in [2.45, 2.75) is 50.6 Å². The number of nitrogens with one attached hydrogen (secondary N) is 1. The van der Waals surface area contributed by atoms with E-state index in [-0.39, 0.29) is 11.8 Å². The molecule has 0 spiro atoms. The minimum absolute atomic E-state index is 0.0349.